The van der Waals surface area contributed by atoms with Gasteiger partial charge in [-0.15, -0.1) is 0 Å². The van der Waals surface area contributed by atoms with Crippen molar-refractivity contribution in [3.63, 3.8) is 0 Å². The number of nitrogens with zero attached hydrogens (tertiary/aromatic N) is 2. The molecule has 0 aliphatic heterocycles. The van der Waals surface area contributed by atoms with Gasteiger partial charge in [-0.05, 0) is 61.0 Å². The summed E-state index contributed by atoms with van der Waals surface area (Å²) in [5.41, 5.74) is 3.80. The fraction of sp³-hybridized carbons (Fsp3) is 0.484. The van der Waals surface area contributed by atoms with Gasteiger partial charge in [-0.25, -0.2) is 12.7 Å². The first-order chi connectivity index (χ1) is 20.6. The van der Waals surface area contributed by atoms with Crippen molar-refractivity contribution in [1.82, 2.24) is 9.69 Å². The average Bonchev–Trinajstić information content (AvgIpc) is 3.32. The molecule has 0 aliphatic carbocycles. The number of benzene rings is 2. The summed E-state index contributed by atoms with van der Waals surface area (Å²) in [5.74, 6) is 0.0656. The van der Waals surface area contributed by atoms with Crippen molar-refractivity contribution in [2.24, 2.45) is 5.92 Å². The summed E-state index contributed by atoms with van der Waals surface area (Å²) in [6, 6.07) is 12.3. The third kappa shape index (κ3) is 8.62. The van der Waals surface area contributed by atoms with Crippen molar-refractivity contribution in [1.29, 1.82) is 0 Å². The Balaban J connectivity index is 2.06. The van der Waals surface area contributed by atoms with Crippen LogP contribution < -0.4 is 9.62 Å². The van der Waals surface area contributed by atoms with Gasteiger partial charge < -0.3 is 24.3 Å². The van der Waals surface area contributed by atoms with Crippen molar-refractivity contribution in [3.8, 4) is 11.1 Å². The highest BCUT2D eigenvalue weighted by atomic mass is 32.2. The SMILES string of the molecule is CCOCc1cc(CN[C@H](C(=O)OC)C(C)C)ccc1-c1ccccc1S(=O)(=O)N(COCCOC)c1nsc(C)c1C. The molecule has 1 N–H and O–H groups in total. The number of esters is 1. The lowest BCUT2D eigenvalue weighted by Crippen LogP contribution is -2.41. The Hall–Kier alpha value is -2.87. The second kappa shape index (κ2) is 16.3. The molecule has 2 aromatic carbocycles. The number of carbonyl (C=O) groups excluding carboxylic acids is 1. The van der Waals surface area contributed by atoms with Crippen LogP contribution in [0.1, 0.15) is 42.3 Å². The molecule has 10 nitrogen and oxygen atoms in total. The van der Waals surface area contributed by atoms with Gasteiger partial charge in [-0.3, -0.25) is 4.79 Å². The Bertz CT molecular complexity index is 1460. The van der Waals surface area contributed by atoms with E-state index in [9.17, 15) is 13.2 Å². The largest absolute Gasteiger partial charge is 0.468 e. The van der Waals surface area contributed by atoms with Crippen molar-refractivity contribution in [2.75, 3.05) is 45.1 Å². The van der Waals surface area contributed by atoms with Crippen LogP contribution in [0.4, 0.5) is 5.82 Å². The highest BCUT2D eigenvalue weighted by molar-refractivity contribution is 7.93. The van der Waals surface area contributed by atoms with Gasteiger partial charge in [0, 0.05) is 36.3 Å². The number of methoxy groups -OCH3 is 2. The number of sulfonamides is 1. The molecule has 0 bridgehead atoms. The lowest BCUT2D eigenvalue weighted by Gasteiger charge is -2.25. The van der Waals surface area contributed by atoms with Crippen LogP contribution in [0.15, 0.2) is 47.4 Å². The van der Waals surface area contributed by atoms with Crippen LogP contribution in [0.5, 0.6) is 0 Å². The Morgan fingerprint density at radius 3 is 2.42 bits per heavy atom. The van der Waals surface area contributed by atoms with Crippen LogP contribution in [0.3, 0.4) is 0 Å². The second-order valence-electron chi connectivity index (χ2n) is 10.3. The summed E-state index contributed by atoms with van der Waals surface area (Å²) in [4.78, 5) is 13.3. The fourth-order valence-electron chi connectivity index (χ4n) is 4.50. The molecule has 1 atom stereocenters. The molecule has 0 unspecified atom stereocenters. The maximum atomic E-state index is 14.4. The maximum absolute atomic E-state index is 14.4. The van der Waals surface area contributed by atoms with Crippen LogP contribution in [0, 0.1) is 19.8 Å². The molecule has 0 radical (unpaired) electrons. The molecule has 3 rings (SSSR count). The number of aryl methyl sites for hydroxylation is 1. The number of carbonyl (C=O) groups is 1. The van der Waals surface area contributed by atoms with Crippen LogP contribution in [0.2, 0.25) is 0 Å². The van der Waals surface area contributed by atoms with Gasteiger partial charge in [-0.2, -0.15) is 4.37 Å². The summed E-state index contributed by atoms with van der Waals surface area (Å²) < 4.78 is 56.0. The zero-order valence-corrected chi connectivity index (χ0v) is 27.6. The number of aromatic nitrogens is 1. The molecular weight excluding hydrogens is 590 g/mol. The van der Waals surface area contributed by atoms with Gasteiger partial charge in [0.05, 0.1) is 31.8 Å². The molecule has 1 aromatic heterocycles. The number of ether oxygens (including phenoxy) is 4. The lowest BCUT2D eigenvalue weighted by atomic mass is 9.97. The van der Waals surface area contributed by atoms with Crippen molar-refractivity contribution < 1.29 is 32.2 Å². The first kappa shape index (κ1) is 34.6. The lowest BCUT2D eigenvalue weighted by molar-refractivity contribution is -0.144. The number of anilines is 1. The Labute approximate surface area is 259 Å². The van der Waals surface area contributed by atoms with Gasteiger partial charge >= 0.3 is 5.97 Å². The van der Waals surface area contributed by atoms with Crippen LogP contribution in [-0.2, 0) is 46.9 Å². The minimum absolute atomic E-state index is 0.0401. The van der Waals surface area contributed by atoms with E-state index in [1.807, 2.05) is 58.9 Å². The Kier molecular flexibility index (Phi) is 13.1. The quantitative estimate of drug-likeness (QED) is 0.124. The highest BCUT2D eigenvalue weighted by Gasteiger charge is 2.31. The summed E-state index contributed by atoms with van der Waals surface area (Å²) in [5, 5.41) is 3.29. The topological polar surface area (TPSA) is 116 Å². The van der Waals surface area contributed by atoms with E-state index in [0.717, 1.165) is 27.1 Å². The minimum atomic E-state index is -4.11. The maximum Gasteiger partial charge on any atom is 0.323 e. The molecule has 3 aromatic rings. The van der Waals surface area contributed by atoms with Gasteiger partial charge in [0.25, 0.3) is 10.0 Å². The fourth-order valence-corrected chi connectivity index (χ4v) is 6.80. The summed E-state index contributed by atoms with van der Waals surface area (Å²) in [6.45, 7) is 11.1. The summed E-state index contributed by atoms with van der Waals surface area (Å²) >= 11 is 1.25. The molecule has 43 heavy (non-hydrogen) atoms. The molecule has 236 valence electrons. The first-order valence-corrected chi connectivity index (χ1v) is 16.4. The molecule has 0 saturated carbocycles. The van der Waals surface area contributed by atoms with Crippen LogP contribution in [-0.4, -0.2) is 65.6 Å². The van der Waals surface area contributed by atoms with Crippen molar-refractivity contribution in [3.05, 3.63) is 64.0 Å². The summed E-state index contributed by atoms with van der Waals surface area (Å²) in [7, 11) is -1.17. The first-order valence-electron chi connectivity index (χ1n) is 14.2. The summed E-state index contributed by atoms with van der Waals surface area (Å²) in [6.07, 6.45) is 0. The van der Waals surface area contributed by atoms with E-state index in [2.05, 4.69) is 9.69 Å². The number of nitrogens with one attached hydrogen (secondary N) is 1. The smallest absolute Gasteiger partial charge is 0.323 e. The zero-order valence-electron chi connectivity index (χ0n) is 26.0. The molecule has 0 aliphatic rings. The van der Waals surface area contributed by atoms with Crippen LogP contribution in [0.25, 0.3) is 11.1 Å². The highest BCUT2D eigenvalue weighted by Crippen LogP contribution is 2.36. The monoisotopic (exact) mass is 633 g/mol. The average molecular weight is 634 g/mol. The molecule has 12 heteroatoms. The number of hydrogen-bond donors (Lipinski definition) is 1. The Morgan fingerprint density at radius 2 is 1.79 bits per heavy atom. The molecule has 1 heterocycles. The van der Waals surface area contributed by atoms with E-state index in [1.165, 1.54) is 22.9 Å². The zero-order chi connectivity index (χ0) is 31.6. The number of hydrogen-bond acceptors (Lipinski definition) is 10. The predicted molar refractivity (Wildman–Crippen MR) is 169 cm³/mol. The Morgan fingerprint density at radius 1 is 1.05 bits per heavy atom. The normalized spacial score (nSPS) is 12.5. The molecule has 0 amide bonds. The van der Waals surface area contributed by atoms with E-state index < -0.39 is 16.1 Å². The molecule has 0 spiro atoms. The van der Waals surface area contributed by atoms with Gasteiger partial charge in [-0.1, -0.05) is 50.2 Å². The second-order valence-corrected chi connectivity index (χ2v) is 13.1. The predicted octanol–water partition coefficient (Wildman–Crippen LogP) is 5.07. The van der Waals surface area contributed by atoms with Gasteiger partial charge in [0.15, 0.2) is 5.82 Å². The van der Waals surface area contributed by atoms with E-state index in [1.54, 1.807) is 25.3 Å². The van der Waals surface area contributed by atoms with Gasteiger partial charge in [0.1, 0.15) is 12.8 Å². The van der Waals surface area contributed by atoms with Crippen molar-refractivity contribution >= 4 is 33.3 Å². The van der Waals surface area contributed by atoms with E-state index >= 15 is 0 Å². The third-order valence-electron chi connectivity index (χ3n) is 7.03. The van der Waals surface area contributed by atoms with E-state index in [-0.39, 0.29) is 36.7 Å². The van der Waals surface area contributed by atoms with E-state index in [4.69, 9.17) is 18.9 Å². The van der Waals surface area contributed by atoms with Crippen molar-refractivity contribution in [2.45, 2.75) is 58.7 Å². The standard InChI is InChI=1S/C31H43N3O7S2/c1-8-40-19-25-17-24(18-32-29(21(2)3)31(35)39-7)13-14-26(25)27-11-9-10-12-28(27)43(36,37)34(20-41-16-15-38-6)30-22(4)23(5)42-33-30/h9-14,17,21,29,32H,8,15-16,18-20H2,1-7H3/t29-/m0/s1. The van der Waals surface area contributed by atoms with Gasteiger partial charge in [0.2, 0.25) is 0 Å². The molecule has 0 saturated heterocycles. The van der Waals surface area contributed by atoms with Crippen LogP contribution >= 0.6 is 11.5 Å². The molecular formula is C31H43N3O7S2. The third-order valence-corrected chi connectivity index (χ3v) is 9.65. The number of rotatable bonds is 17. The van der Waals surface area contributed by atoms with E-state index in [0.29, 0.717) is 31.1 Å². The molecule has 0 fully saturated rings. The minimum Gasteiger partial charge on any atom is -0.468 e.